The van der Waals surface area contributed by atoms with E-state index in [9.17, 15) is 0 Å². The van der Waals surface area contributed by atoms with Crippen molar-refractivity contribution < 1.29 is 0 Å². The van der Waals surface area contributed by atoms with E-state index in [0.29, 0.717) is 0 Å². The van der Waals surface area contributed by atoms with Gasteiger partial charge in [0.15, 0.2) is 0 Å². The summed E-state index contributed by atoms with van der Waals surface area (Å²) in [5.74, 6) is 0. The fraction of sp³-hybridized carbons (Fsp3) is 0.0645. The molecule has 6 rings (SSSR count). The molecule has 0 saturated carbocycles. The van der Waals surface area contributed by atoms with Crippen LogP contribution in [0.5, 0.6) is 0 Å². The summed E-state index contributed by atoms with van der Waals surface area (Å²) >= 11 is 8.40. The highest BCUT2D eigenvalue weighted by atomic mass is 127. The molecule has 0 bridgehead atoms. The first-order chi connectivity index (χ1) is 18.2. The number of fused-ring (bicyclic) bond motifs is 2. The minimum absolute atomic E-state index is 0. The normalized spacial score (nSPS) is 16.7. The van der Waals surface area contributed by atoms with Gasteiger partial charge in [-0.1, -0.05) is 72.1 Å². The van der Waals surface area contributed by atoms with Crippen LogP contribution < -0.4 is 9.80 Å². The van der Waals surface area contributed by atoms with E-state index in [0.717, 1.165) is 21.3 Å². The van der Waals surface area contributed by atoms with E-state index in [2.05, 4.69) is 130 Å². The van der Waals surface area contributed by atoms with Gasteiger partial charge in [-0.3, -0.25) is 0 Å². The molecule has 188 valence electrons. The maximum Gasteiger partial charge on any atom is 0.0988 e. The van der Waals surface area contributed by atoms with Crippen molar-refractivity contribution in [2.45, 2.75) is 15.2 Å². The van der Waals surface area contributed by atoms with Gasteiger partial charge < -0.3 is 9.80 Å². The average molecular weight is 662 g/mol. The zero-order valence-corrected chi connectivity index (χ0v) is 25.3. The SMILES string of the molecule is CN1c2ccccc2SC1C=C1C=C(Sc2ccc(N=C=S)cc2)N(c2ccccc2)c2ccccc21.I. The molecule has 4 aromatic rings. The number of thioether (sulfide) groups is 2. The van der Waals surface area contributed by atoms with Crippen molar-refractivity contribution in [3.05, 3.63) is 126 Å². The van der Waals surface area contributed by atoms with Crippen LogP contribution in [0.2, 0.25) is 0 Å². The lowest BCUT2D eigenvalue weighted by Crippen LogP contribution is -2.24. The number of likely N-dealkylation sites (N-methyl/N-ethyl adjacent to an activating group) is 1. The first-order valence-corrected chi connectivity index (χ1v) is 14.0. The zero-order valence-electron chi connectivity index (χ0n) is 20.5. The Morgan fingerprint density at radius 2 is 1.55 bits per heavy atom. The van der Waals surface area contributed by atoms with Crippen molar-refractivity contribution in [3.8, 4) is 0 Å². The van der Waals surface area contributed by atoms with Gasteiger partial charge in [0.25, 0.3) is 0 Å². The van der Waals surface area contributed by atoms with Gasteiger partial charge in [-0.15, -0.1) is 24.0 Å². The summed E-state index contributed by atoms with van der Waals surface area (Å²) in [6, 6.07) is 36.0. The van der Waals surface area contributed by atoms with Gasteiger partial charge >= 0.3 is 0 Å². The molecule has 38 heavy (non-hydrogen) atoms. The molecule has 7 heteroatoms. The predicted molar refractivity (Wildman–Crippen MR) is 178 cm³/mol. The molecular formula is C31H24IN3S3. The molecule has 0 amide bonds. The highest BCUT2D eigenvalue weighted by molar-refractivity contribution is 14.0. The van der Waals surface area contributed by atoms with Crippen molar-refractivity contribution >= 4 is 93.2 Å². The van der Waals surface area contributed by atoms with Crippen molar-refractivity contribution in [2.24, 2.45) is 4.99 Å². The second kappa shape index (κ2) is 11.9. The Balaban J connectivity index is 0.00000294. The Morgan fingerprint density at radius 3 is 2.29 bits per heavy atom. The van der Waals surface area contributed by atoms with Crippen molar-refractivity contribution in [1.82, 2.24) is 0 Å². The molecule has 1 atom stereocenters. The van der Waals surface area contributed by atoms with Crippen LogP contribution in [0.25, 0.3) is 5.57 Å². The van der Waals surface area contributed by atoms with Gasteiger partial charge in [-0.2, -0.15) is 4.99 Å². The Bertz CT molecular complexity index is 1560. The smallest absolute Gasteiger partial charge is 0.0988 e. The third-order valence-electron chi connectivity index (χ3n) is 6.40. The number of aliphatic imine (C=N–C) groups is 1. The highest BCUT2D eigenvalue weighted by Gasteiger charge is 2.29. The lowest BCUT2D eigenvalue weighted by Gasteiger charge is -2.33. The van der Waals surface area contributed by atoms with Gasteiger partial charge in [-0.25, -0.2) is 0 Å². The number of anilines is 3. The number of isothiocyanates is 1. The van der Waals surface area contributed by atoms with Gasteiger partial charge in [0.2, 0.25) is 0 Å². The van der Waals surface area contributed by atoms with Gasteiger partial charge in [-0.05, 0) is 84.5 Å². The standard InChI is InChI=1S/C31H23N3S3.HI/c1-33-28-13-7-8-14-29(28)37-30(33)19-22-20-31(36-25-17-15-23(16-18-25)32-21-35)34(24-9-3-2-4-10-24)27-12-6-5-11-26(22)27;/h2-20,30H,1H3;1H. The van der Waals surface area contributed by atoms with Crippen LogP contribution >= 0.6 is 59.7 Å². The molecule has 0 radical (unpaired) electrons. The number of para-hydroxylation sites is 3. The fourth-order valence-corrected chi connectivity index (χ4v) is 6.96. The topological polar surface area (TPSA) is 18.8 Å². The number of hydrogen-bond acceptors (Lipinski definition) is 6. The molecule has 0 aromatic heterocycles. The second-order valence-corrected chi connectivity index (χ2v) is 11.1. The number of benzene rings is 4. The maximum absolute atomic E-state index is 4.76. The number of rotatable bonds is 5. The highest BCUT2D eigenvalue weighted by Crippen LogP contribution is 2.48. The molecule has 2 heterocycles. The lowest BCUT2D eigenvalue weighted by molar-refractivity contribution is 0.991. The van der Waals surface area contributed by atoms with Gasteiger partial charge in [0, 0.05) is 28.1 Å². The third kappa shape index (κ3) is 5.35. The molecular weight excluding hydrogens is 637 g/mol. The predicted octanol–water partition coefficient (Wildman–Crippen LogP) is 9.78. The van der Waals surface area contributed by atoms with Crippen LogP contribution in [0.3, 0.4) is 0 Å². The van der Waals surface area contributed by atoms with Crippen LogP contribution in [-0.2, 0) is 0 Å². The van der Waals surface area contributed by atoms with Gasteiger partial charge in [0.1, 0.15) is 0 Å². The van der Waals surface area contributed by atoms with E-state index < -0.39 is 0 Å². The largest absolute Gasteiger partial charge is 0.358 e. The van der Waals surface area contributed by atoms with E-state index in [4.69, 9.17) is 12.2 Å². The zero-order chi connectivity index (χ0) is 25.2. The van der Waals surface area contributed by atoms with Crippen molar-refractivity contribution in [3.63, 3.8) is 0 Å². The Morgan fingerprint density at radius 1 is 0.868 bits per heavy atom. The number of halogens is 1. The average Bonchev–Trinajstić information content (AvgIpc) is 3.25. The van der Waals surface area contributed by atoms with Crippen LogP contribution in [0.15, 0.2) is 135 Å². The number of nitrogens with zero attached hydrogens (tertiary/aromatic N) is 3. The monoisotopic (exact) mass is 661 g/mol. The number of allylic oxidation sites excluding steroid dienone is 2. The minimum atomic E-state index is 0. The summed E-state index contributed by atoms with van der Waals surface area (Å²) in [6.07, 6.45) is 4.71. The number of hydrogen-bond donors (Lipinski definition) is 0. The second-order valence-electron chi connectivity index (χ2n) is 8.68. The maximum atomic E-state index is 4.76. The molecule has 2 aliphatic rings. The quantitative estimate of drug-likeness (QED) is 0.120. The minimum Gasteiger partial charge on any atom is -0.358 e. The summed E-state index contributed by atoms with van der Waals surface area (Å²) in [4.78, 5) is 11.3. The van der Waals surface area contributed by atoms with Crippen LogP contribution in [0, 0.1) is 0 Å². The summed E-state index contributed by atoms with van der Waals surface area (Å²) in [5, 5.41) is 3.81. The lowest BCUT2D eigenvalue weighted by atomic mass is 9.98. The third-order valence-corrected chi connectivity index (χ3v) is 8.80. The van der Waals surface area contributed by atoms with E-state index in [-0.39, 0.29) is 29.4 Å². The van der Waals surface area contributed by atoms with E-state index in [1.807, 2.05) is 23.9 Å². The number of thiocarbonyl (C=S) groups is 1. The molecule has 3 nitrogen and oxygen atoms in total. The fourth-order valence-electron chi connectivity index (χ4n) is 4.62. The van der Waals surface area contributed by atoms with Crippen LogP contribution in [0.4, 0.5) is 22.7 Å². The van der Waals surface area contributed by atoms with Crippen molar-refractivity contribution in [2.75, 3.05) is 16.8 Å². The van der Waals surface area contributed by atoms with E-state index in [1.165, 1.54) is 27.4 Å². The van der Waals surface area contributed by atoms with Crippen molar-refractivity contribution in [1.29, 1.82) is 0 Å². The van der Waals surface area contributed by atoms with Crippen LogP contribution in [-0.4, -0.2) is 17.6 Å². The first-order valence-electron chi connectivity index (χ1n) is 11.9. The molecule has 0 fully saturated rings. The summed E-state index contributed by atoms with van der Waals surface area (Å²) in [5.41, 5.74) is 6.85. The molecule has 0 aliphatic carbocycles. The molecule has 0 N–H and O–H groups in total. The summed E-state index contributed by atoms with van der Waals surface area (Å²) in [7, 11) is 2.18. The Labute approximate surface area is 254 Å². The summed E-state index contributed by atoms with van der Waals surface area (Å²) in [6.45, 7) is 0. The molecule has 1 unspecified atom stereocenters. The first kappa shape index (κ1) is 26.8. The Kier molecular flexibility index (Phi) is 8.41. The molecule has 2 aliphatic heterocycles. The Hall–Kier alpha value is -2.81. The molecule has 0 spiro atoms. The molecule has 0 saturated heterocycles. The van der Waals surface area contributed by atoms with E-state index >= 15 is 0 Å². The summed E-state index contributed by atoms with van der Waals surface area (Å²) < 4.78 is 0. The molecule has 4 aromatic carbocycles. The van der Waals surface area contributed by atoms with E-state index in [1.54, 1.807) is 11.8 Å². The van der Waals surface area contributed by atoms with Crippen LogP contribution in [0.1, 0.15) is 5.56 Å². The van der Waals surface area contributed by atoms with Gasteiger partial charge in [0.05, 0.1) is 32.6 Å².